The van der Waals surface area contributed by atoms with Crippen LogP contribution in [0.3, 0.4) is 0 Å². The fourth-order valence-electron chi connectivity index (χ4n) is 4.81. The Labute approximate surface area is 216 Å². The maximum Gasteiger partial charge on any atom is 0.293 e. The molecule has 5 rings (SSSR count). The predicted molar refractivity (Wildman–Crippen MR) is 144 cm³/mol. The van der Waals surface area contributed by atoms with Crippen LogP contribution in [0.5, 0.6) is 0 Å². The molecule has 186 valence electrons. The van der Waals surface area contributed by atoms with Crippen molar-refractivity contribution in [3.05, 3.63) is 82.3 Å². The lowest BCUT2D eigenvalue weighted by atomic mass is 10.0. The van der Waals surface area contributed by atoms with Crippen molar-refractivity contribution < 1.29 is 4.87 Å². The number of aromatic nitrogens is 2. The van der Waals surface area contributed by atoms with E-state index in [9.17, 15) is 4.91 Å². The summed E-state index contributed by atoms with van der Waals surface area (Å²) in [6.07, 6.45) is 9.49. The van der Waals surface area contributed by atoms with Crippen LogP contribution in [-0.4, -0.2) is 63.4 Å². The van der Waals surface area contributed by atoms with Crippen LogP contribution in [0.15, 0.2) is 64.9 Å². The lowest BCUT2D eigenvalue weighted by Crippen LogP contribution is -2.49. The summed E-state index contributed by atoms with van der Waals surface area (Å²) >= 11 is 1.64. The summed E-state index contributed by atoms with van der Waals surface area (Å²) < 4.78 is 0. The van der Waals surface area contributed by atoms with Gasteiger partial charge in [0.15, 0.2) is 4.87 Å². The van der Waals surface area contributed by atoms with Crippen molar-refractivity contribution in [3.63, 3.8) is 0 Å². The molecule has 0 radical (unpaired) electrons. The SMILES string of the molecule is CSc1cc([N+](=O)NCc2cc3c(cn2)CCC(N2CCN(C)C(c4ccncc4)C2)=N3)ccc1C. The summed E-state index contributed by atoms with van der Waals surface area (Å²) in [5.41, 5.74) is 8.88. The third-order valence-electron chi connectivity index (χ3n) is 7.02. The summed E-state index contributed by atoms with van der Waals surface area (Å²) in [5, 5.41) is 0. The zero-order valence-corrected chi connectivity index (χ0v) is 21.8. The molecule has 4 heterocycles. The lowest BCUT2D eigenvalue weighted by Gasteiger charge is -2.41. The van der Waals surface area contributed by atoms with Gasteiger partial charge in [-0.2, -0.15) is 0 Å². The number of aliphatic imine (C=N–C) groups is 1. The van der Waals surface area contributed by atoms with E-state index in [0.717, 1.165) is 70.6 Å². The van der Waals surface area contributed by atoms with Crippen molar-refractivity contribution in [2.75, 3.05) is 32.9 Å². The van der Waals surface area contributed by atoms with E-state index in [1.165, 1.54) is 5.56 Å². The van der Waals surface area contributed by atoms with E-state index < -0.39 is 0 Å². The van der Waals surface area contributed by atoms with Crippen LogP contribution in [-0.2, 0) is 13.0 Å². The highest BCUT2D eigenvalue weighted by atomic mass is 32.2. The largest absolute Gasteiger partial charge is 0.357 e. The molecule has 0 amide bonds. The molecule has 36 heavy (non-hydrogen) atoms. The van der Waals surface area contributed by atoms with Gasteiger partial charge in [-0.25, -0.2) is 4.99 Å². The molecule has 2 aliphatic rings. The van der Waals surface area contributed by atoms with Crippen LogP contribution in [0.4, 0.5) is 11.4 Å². The van der Waals surface area contributed by atoms with Gasteiger partial charge in [-0.05, 0) is 61.5 Å². The first-order valence-electron chi connectivity index (χ1n) is 12.3. The summed E-state index contributed by atoms with van der Waals surface area (Å²) in [4.78, 5) is 33.2. The smallest absolute Gasteiger partial charge is 0.293 e. The number of amidine groups is 1. The third kappa shape index (κ3) is 5.27. The van der Waals surface area contributed by atoms with E-state index in [0.29, 0.717) is 18.3 Å². The number of nitroso groups, excluding NO2 is 1. The van der Waals surface area contributed by atoms with Crippen molar-refractivity contribution in [1.82, 2.24) is 25.2 Å². The molecule has 0 saturated carbocycles. The van der Waals surface area contributed by atoms with Gasteiger partial charge in [0.2, 0.25) is 0 Å². The highest BCUT2D eigenvalue weighted by Crippen LogP contribution is 2.30. The Bertz CT molecular complexity index is 1280. The number of fused-ring (bicyclic) bond motifs is 1. The van der Waals surface area contributed by atoms with Gasteiger partial charge in [-0.1, -0.05) is 6.07 Å². The number of hydrogen-bond acceptors (Lipinski definition) is 7. The van der Waals surface area contributed by atoms with Crippen molar-refractivity contribution in [2.24, 2.45) is 4.99 Å². The van der Waals surface area contributed by atoms with Gasteiger partial charge in [0.1, 0.15) is 12.4 Å². The number of hydrogen-bond donors (Lipinski definition) is 1. The van der Waals surface area contributed by atoms with Crippen molar-refractivity contribution >= 4 is 29.0 Å². The maximum absolute atomic E-state index is 12.6. The average molecular weight is 503 g/mol. The lowest BCUT2D eigenvalue weighted by molar-refractivity contribution is -0.531. The van der Waals surface area contributed by atoms with Crippen LogP contribution in [0.25, 0.3) is 0 Å². The van der Waals surface area contributed by atoms with Crippen molar-refractivity contribution in [1.29, 1.82) is 0 Å². The Morgan fingerprint density at radius 1 is 1.14 bits per heavy atom. The van der Waals surface area contributed by atoms with Gasteiger partial charge in [0.05, 0.1) is 22.3 Å². The number of rotatable bonds is 6. The molecule has 1 aromatic carbocycles. The number of aryl methyl sites for hydroxylation is 2. The van der Waals surface area contributed by atoms with E-state index in [-0.39, 0.29) is 0 Å². The van der Waals surface area contributed by atoms with Gasteiger partial charge in [0, 0.05) is 61.7 Å². The van der Waals surface area contributed by atoms with E-state index in [1.807, 2.05) is 56.0 Å². The summed E-state index contributed by atoms with van der Waals surface area (Å²) in [5.74, 6) is 1.13. The molecule has 1 atom stereocenters. The first kappa shape index (κ1) is 24.4. The van der Waals surface area contributed by atoms with E-state index >= 15 is 0 Å². The van der Waals surface area contributed by atoms with Crippen molar-refractivity contribution in [2.45, 2.75) is 37.2 Å². The molecule has 9 heteroatoms. The second kappa shape index (κ2) is 10.8. The van der Waals surface area contributed by atoms with Crippen LogP contribution in [0, 0.1) is 11.8 Å². The molecule has 1 fully saturated rings. The molecule has 2 aromatic heterocycles. The summed E-state index contributed by atoms with van der Waals surface area (Å²) in [6, 6.07) is 12.2. The molecule has 0 aliphatic carbocycles. The minimum absolute atomic E-state index is 0.319. The number of benzene rings is 1. The second-order valence-corrected chi connectivity index (χ2v) is 10.2. The van der Waals surface area contributed by atoms with Crippen LogP contribution in [0.2, 0.25) is 0 Å². The zero-order chi connectivity index (χ0) is 25.1. The van der Waals surface area contributed by atoms with E-state index in [2.05, 4.69) is 44.4 Å². The number of nitrogens with zero attached hydrogens (tertiary/aromatic N) is 6. The standard InChI is InChI=1S/C27H32N7OS/c1-19-4-6-23(15-26(19)36-3)34(35)30-17-22-14-24-21(16-29-22)5-7-27(31-24)33-13-12-32(2)25(18-33)20-8-10-28-11-9-20/h4,6,8-11,14-16,25H,5,7,12-13,17-18H2,1-3H3,(H,30,35)/q+1. The first-order chi connectivity index (χ1) is 17.5. The highest BCUT2D eigenvalue weighted by Gasteiger charge is 2.28. The first-order valence-corrected chi connectivity index (χ1v) is 13.5. The quantitative estimate of drug-likeness (QED) is 0.300. The molecular weight excluding hydrogens is 470 g/mol. The molecule has 1 saturated heterocycles. The molecule has 2 aliphatic heterocycles. The number of hydrazine groups is 1. The molecule has 0 bridgehead atoms. The predicted octanol–water partition coefficient (Wildman–Crippen LogP) is 4.59. The van der Waals surface area contributed by atoms with Gasteiger partial charge >= 0.3 is 0 Å². The molecule has 8 nitrogen and oxygen atoms in total. The number of piperazine rings is 1. The summed E-state index contributed by atoms with van der Waals surface area (Å²) in [7, 11) is 2.18. The number of nitrogens with one attached hydrogen (secondary N) is 1. The van der Waals surface area contributed by atoms with Gasteiger partial charge < -0.3 is 4.90 Å². The van der Waals surface area contributed by atoms with Crippen molar-refractivity contribution in [3.8, 4) is 0 Å². The second-order valence-electron chi connectivity index (χ2n) is 9.34. The van der Waals surface area contributed by atoms with Gasteiger partial charge in [-0.3, -0.25) is 14.9 Å². The monoisotopic (exact) mass is 502 g/mol. The Balaban J connectivity index is 1.28. The Kier molecular flexibility index (Phi) is 7.29. The molecular formula is C27H32N7OS+. The molecule has 1 N–H and O–H groups in total. The third-order valence-corrected chi connectivity index (χ3v) is 7.90. The fraction of sp³-hybridized carbons (Fsp3) is 0.370. The number of thioether (sulfide) groups is 1. The molecule has 3 aromatic rings. The topological polar surface area (TPSA) is 76.7 Å². The minimum Gasteiger partial charge on any atom is -0.357 e. The Morgan fingerprint density at radius 2 is 1.97 bits per heavy atom. The van der Waals surface area contributed by atoms with Crippen LogP contribution < -0.4 is 5.43 Å². The van der Waals surface area contributed by atoms with E-state index in [1.54, 1.807) is 11.8 Å². The minimum atomic E-state index is 0.319. The number of pyridine rings is 2. The van der Waals surface area contributed by atoms with Crippen LogP contribution >= 0.6 is 11.8 Å². The number of likely N-dealkylation sites (N-methyl/N-ethyl adjacent to an activating group) is 1. The van der Waals surface area contributed by atoms with Crippen LogP contribution in [0.1, 0.15) is 34.8 Å². The zero-order valence-electron chi connectivity index (χ0n) is 21.0. The maximum atomic E-state index is 12.6. The molecule has 0 spiro atoms. The van der Waals surface area contributed by atoms with Gasteiger partial charge in [0.25, 0.3) is 5.69 Å². The normalized spacial score (nSPS) is 17.9. The average Bonchev–Trinajstić information content (AvgIpc) is 2.92. The van der Waals surface area contributed by atoms with Gasteiger partial charge in [-0.15, -0.1) is 17.2 Å². The summed E-state index contributed by atoms with van der Waals surface area (Å²) in [6.45, 7) is 5.24. The molecule has 1 unspecified atom stereocenters. The Morgan fingerprint density at radius 3 is 2.78 bits per heavy atom. The van der Waals surface area contributed by atoms with E-state index in [4.69, 9.17) is 4.99 Å². The fourth-order valence-corrected chi connectivity index (χ4v) is 5.44. The highest BCUT2D eigenvalue weighted by molar-refractivity contribution is 7.98. The Hall–Kier alpha value is -3.30.